The SMILES string of the molecule is CCSc1cccc(NCc2cscc2C)c1C(N)=S. The van der Waals surface area contributed by atoms with E-state index in [1.807, 2.05) is 12.1 Å². The van der Waals surface area contributed by atoms with E-state index in [0.717, 1.165) is 28.4 Å². The van der Waals surface area contributed by atoms with Crippen LogP contribution in [-0.4, -0.2) is 10.7 Å². The van der Waals surface area contributed by atoms with E-state index in [-0.39, 0.29) is 0 Å². The Morgan fingerprint density at radius 1 is 1.40 bits per heavy atom. The highest BCUT2D eigenvalue weighted by Crippen LogP contribution is 2.29. The van der Waals surface area contributed by atoms with Gasteiger partial charge in [-0.25, -0.2) is 0 Å². The highest BCUT2D eigenvalue weighted by atomic mass is 32.2. The molecule has 0 fully saturated rings. The van der Waals surface area contributed by atoms with Gasteiger partial charge in [0, 0.05) is 22.7 Å². The minimum Gasteiger partial charge on any atom is -0.389 e. The van der Waals surface area contributed by atoms with E-state index in [0.29, 0.717) is 4.99 Å². The first-order valence-electron chi connectivity index (χ1n) is 6.44. The number of nitrogens with two attached hydrogens (primary N) is 1. The van der Waals surface area contributed by atoms with Gasteiger partial charge < -0.3 is 11.1 Å². The molecule has 5 heteroatoms. The van der Waals surface area contributed by atoms with Gasteiger partial charge in [-0.1, -0.05) is 25.2 Å². The van der Waals surface area contributed by atoms with Crippen LogP contribution in [-0.2, 0) is 6.54 Å². The zero-order valence-electron chi connectivity index (χ0n) is 11.6. The average Bonchev–Trinajstić information content (AvgIpc) is 2.82. The smallest absolute Gasteiger partial charge is 0.107 e. The molecule has 0 bridgehead atoms. The molecular formula is C15H18N2S3. The maximum absolute atomic E-state index is 5.90. The molecule has 0 spiro atoms. The first-order valence-corrected chi connectivity index (χ1v) is 8.78. The van der Waals surface area contributed by atoms with Gasteiger partial charge in [-0.05, 0) is 46.7 Å². The number of anilines is 1. The van der Waals surface area contributed by atoms with Crippen molar-refractivity contribution in [3.05, 3.63) is 45.6 Å². The number of hydrogen-bond acceptors (Lipinski definition) is 4. The molecular weight excluding hydrogens is 304 g/mol. The summed E-state index contributed by atoms with van der Waals surface area (Å²) in [5.74, 6) is 1.00. The Morgan fingerprint density at radius 2 is 2.20 bits per heavy atom. The van der Waals surface area contributed by atoms with Crippen molar-refractivity contribution in [1.29, 1.82) is 0 Å². The molecule has 1 aromatic carbocycles. The van der Waals surface area contributed by atoms with Crippen molar-refractivity contribution >= 4 is 46.0 Å². The van der Waals surface area contributed by atoms with Crippen LogP contribution < -0.4 is 11.1 Å². The molecule has 1 heterocycles. The van der Waals surface area contributed by atoms with Crippen LogP contribution in [0, 0.1) is 6.92 Å². The summed E-state index contributed by atoms with van der Waals surface area (Å²) in [4.78, 5) is 1.60. The van der Waals surface area contributed by atoms with Gasteiger partial charge >= 0.3 is 0 Å². The number of thioether (sulfide) groups is 1. The molecule has 0 aliphatic rings. The van der Waals surface area contributed by atoms with Gasteiger partial charge in [0.2, 0.25) is 0 Å². The van der Waals surface area contributed by atoms with Gasteiger partial charge in [0.1, 0.15) is 4.99 Å². The molecule has 0 amide bonds. The largest absolute Gasteiger partial charge is 0.389 e. The fraction of sp³-hybridized carbons (Fsp3) is 0.267. The van der Waals surface area contributed by atoms with Crippen LogP contribution in [0.2, 0.25) is 0 Å². The Balaban J connectivity index is 2.24. The molecule has 2 rings (SSSR count). The van der Waals surface area contributed by atoms with Crippen LogP contribution in [0.15, 0.2) is 33.9 Å². The fourth-order valence-corrected chi connectivity index (χ4v) is 3.96. The predicted molar refractivity (Wildman–Crippen MR) is 95.1 cm³/mol. The molecule has 2 nitrogen and oxygen atoms in total. The van der Waals surface area contributed by atoms with E-state index in [9.17, 15) is 0 Å². The van der Waals surface area contributed by atoms with Crippen molar-refractivity contribution < 1.29 is 0 Å². The zero-order valence-corrected chi connectivity index (χ0v) is 14.1. The first kappa shape index (κ1) is 15.4. The Hall–Kier alpha value is -1.04. The van der Waals surface area contributed by atoms with E-state index in [4.69, 9.17) is 18.0 Å². The fourth-order valence-electron chi connectivity index (χ4n) is 1.97. The molecule has 20 heavy (non-hydrogen) atoms. The third kappa shape index (κ3) is 3.53. The Bertz CT molecular complexity index is 605. The van der Waals surface area contributed by atoms with Crippen LogP contribution in [0.4, 0.5) is 5.69 Å². The quantitative estimate of drug-likeness (QED) is 0.610. The second-order valence-electron chi connectivity index (χ2n) is 4.41. The Morgan fingerprint density at radius 3 is 2.80 bits per heavy atom. The van der Waals surface area contributed by atoms with Crippen molar-refractivity contribution in [2.75, 3.05) is 11.1 Å². The molecule has 0 aliphatic heterocycles. The summed E-state index contributed by atoms with van der Waals surface area (Å²) < 4.78 is 0. The van der Waals surface area contributed by atoms with E-state index >= 15 is 0 Å². The van der Waals surface area contributed by atoms with Crippen LogP contribution in [0.1, 0.15) is 23.6 Å². The van der Waals surface area contributed by atoms with E-state index < -0.39 is 0 Å². The zero-order chi connectivity index (χ0) is 14.5. The lowest BCUT2D eigenvalue weighted by Gasteiger charge is -2.14. The molecule has 2 aromatic rings. The molecule has 0 saturated heterocycles. The summed E-state index contributed by atoms with van der Waals surface area (Å²) in [7, 11) is 0. The van der Waals surface area contributed by atoms with Gasteiger partial charge in [-0.3, -0.25) is 0 Å². The lowest BCUT2D eigenvalue weighted by atomic mass is 10.1. The average molecular weight is 323 g/mol. The predicted octanol–water partition coefficient (Wildman–Crippen LogP) is 4.41. The Kier molecular flexibility index (Phi) is 5.46. The molecule has 106 valence electrons. The third-order valence-electron chi connectivity index (χ3n) is 3.00. The molecule has 0 atom stereocenters. The van der Waals surface area contributed by atoms with E-state index in [2.05, 4.69) is 36.0 Å². The standard InChI is InChI=1S/C15H18N2S3/c1-3-20-13-6-4-5-12(14(13)15(16)18)17-7-11-9-19-8-10(11)2/h4-6,8-9,17H,3,7H2,1-2H3,(H2,16,18). The first-order chi connectivity index (χ1) is 9.63. The summed E-state index contributed by atoms with van der Waals surface area (Å²) in [6, 6.07) is 6.15. The number of thiophene rings is 1. The molecule has 1 aromatic heterocycles. The van der Waals surface area contributed by atoms with Crippen molar-refractivity contribution in [2.45, 2.75) is 25.3 Å². The van der Waals surface area contributed by atoms with Crippen LogP contribution in [0.3, 0.4) is 0 Å². The van der Waals surface area contributed by atoms with Crippen LogP contribution in [0.25, 0.3) is 0 Å². The van der Waals surface area contributed by atoms with E-state index in [1.54, 1.807) is 23.1 Å². The van der Waals surface area contributed by atoms with Gasteiger partial charge in [0.25, 0.3) is 0 Å². The van der Waals surface area contributed by atoms with Gasteiger partial charge in [0.05, 0.1) is 0 Å². The minimum atomic E-state index is 0.450. The second kappa shape index (κ2) is 7.11. The molecule has 3 N–H and O–H groups in total. The molecule has 0 saturated carbocycles. The third-order valence-corrected chi connectivity index (χ3v) is 5.06. The summed E-state index contributed by atoms with van der Waals surface area (Å²) in [6.45, 7) is 5.05. The number of nitrogens with one attached hydrogen (secondary N) is 1. The number of aryl methyl sites for hydroxylation is 1. The molecule has 0 radical (unpaired) electrons. The van der Waals surface area contributed by atoms with Gasteiger partial charge in [0.15, 0.2) is 0 Å². The van der Waals surface area contributed by atoms with Crippen LogP contribution in [0.5, 0.6) is 0 Å². The summed E-state index contributed by atoms with van der Waals surface area (Å²) >= 11 is 8.71. The number of rotatable bonds is 6. The van der Waals surface area contributed by atoms with Crippen molar-refractivity contribution in [3.8, 4) is 0 Å². The highest BCUT2D eigenvalue weighted by Gasteiger charge is 2.11. The van der Waals surface area contributed by atoms with Gasteiger partial charge in [-0.2, -0.15) is 11.3 Å². The van der Waals surface area contributed by atoms with Crippen molar-refractivity contribution in [1.82, 2.24) is 0 Å². The van der Waals surface area contributed by atoms with Gasteiger partial charge in [-0.15, -0.1) is 11.8 Å². The van der Waals surface area contributed by atoms with Crippen molar-refractivity contribution in [3.63, 3.8) is 0 Å². The molecule has 0 unspecified atom stereocenters. The maximum atomic E-state index is 5.90. The number of thiocarbonyl (C=S) groups is 1. The van der Waals surface area contributed by atoms with Crippen molar-refractivity contribution in [2.24, 2.45) is 5.73 Å². The summed E-state index contributed by atoms with van der Waals surface area (Å²) in [6.07, 6.45) is 0. The minimum absolute atomic E-state index is 0.450. The highest BCUT2D eigenvalue weighted by molar-refractivity contribution is 7.99. The summed E-state index contributed by atoms with van der Waals surface area (Å²) in [5, 5.41) is 7.80. The van der Waals surface area contributed by atoms with Crippen LogP contribution >= 0.6 is 35.3 Å². The lowest BCUT2D eigenvalue weighted by molar-refractivity contribution is 1.13. The second-order valence-corrected chi connectivity index (χ2v) is 6.90. The number of hydrogen-bond donors (Lipinski definition) is 2. The molecule has 0 aliphatic carbocycles. The monoisotopic (exact) mass is 322 g/mol. The summed E-state index contributed by atoms with van der Waals surface area (Å²) in [5.41, 5.74) is 10.5. The number of benzene rings is 1. The lowest BCUT2D eigenvalue weighted by Crippen LogP contribution is -2.14. The van der Waals surface area contributed by atoms with E-state index in [1.165, 1.54) is 11.1 Å². The maximum Gasteiger partial charge on any atom is 0.107 e. The Labute approximate surface area is 133 Å². The normalized spacial score (nSPS) is 10.5. The topological polar surface area (TPSA) is 38.0 Å².